The molecule has 0 amide bonds. The molecule has 1 aromatic carbocycles. The number of ketones is 1. The van der Waals surface area contributed by atoms with E-state index in [0.29, 0.717) is 11.5 Å². The van der Waals surface area contributed by atoms with Crippen LogP contribution in [0.15, 0.2) is 18.2 Å². The zero-order chi connectivity index (χ0) is 12.6. The molecule has 1 aromatic rings. The van der Waals surface area contributed by atoms with E-state index in [4.69, 9.17) is 4.89 Å². The molecule has 1 atom stereocenters. The first kappa shape index (κ1) is 12.3. The molecule has 2 rings (SSSR count). The Morgan fingerprint density at radius 1 is 1.29 bits per heavy atom. The van der Waals surface area contributed by atoms with Crippen molar-refractivity contribution in [2.24, 2.45) is 0 Å². The van der Waals surface area contributed by atoms with Crippen LogP contribution < -0.4 is 4.89 Å². The monoisotopic (exact) mass is 250 g/mol. The molecule has 1 aliphatic rings. The summed E-state index contributed by atoms with van der Waals surface area (Å²) in [6, 6.07) is 5.55. The number of Topliss-reactive ketones (excluding diaryl/α,β-unsaturated/α-hetero) is 1. The van der Waals surface area contributed by atoms with Crippen molar-refractivity contribution in [3.8, 4) is 5.75 Å². The van der Waals surface area contributed by atoms with Crippen LogP contribution in [0, 0.1) is 0 Å². The number of carbonyl (C=O) groups excluding carboxylic acids is 1. The Hall–Kier alpha value is -1.13. The lowest BCUT2D eigenvalue weighted by atomic mass is 10.1. The summed E-state index contributed by atoms with van der Waals surface area (Å²) in [7, 11) is 0.0329. The van der Waals surface area contributed by atoms with Gasteiger partial charge in [-0.2, -0.15) is 4.89 Å². The molecule has 0 aromatic heterocycles. The van der Waals surface area contributed by atoms with Gasteiger partial charge in [0.2, 0.25) is 0 Å². The van der Waals surface area contributed by atoms with Gasteiger partial charge >= 0.3 is 0 Å². The average Bonchev–Trinajstić information content (AvgIpc) is 2.56. The molecule has 4 heteroatoms. The van der Waals surface area contributed by atoms with Crippen LogP contribution in [0.5, 0.6) is 5.75 Å². The van der Waals surface area contributed by atoms with Crippen LogP contribution in [0.2, 0.25) is 25.2 Å². The van der Waals surface area contributed by atoms with Crippen LogP contribution in [-0.2, 0) is 11.3 Å². The van der Waals surface area contributed by atoms with Crippen molar-refractivity contribution in [1.82, 2.24) is 0 Å². The van der Waals surface area contributed by atoms with E-state index in [1.807, 2.05) is 12.1 Å². The topological polar surface area (TPSA) is 35.5 Å². The van der Waals surface area contributed by atoms with E-state index in [9.17, 15) is 4.79 Å². The highest BCUT2D eigenvalue weighted by atomic mass is 28.3. The summed E-state index contributed by atoms with van der Waals surface area (Å²) in [4.78, 5) is 21.9. The first-order valence-corrected chi connectivity index (χ1v) is 9.39. The molecule has 17 heavy (non-hydrogen) atoms. The first-order chi connectivity index (χ1) is 7.93. The minimum atomic E-state index is -1.44. The minimum Gasteiger partial charge on any atom is -0.338 e. The van der Waals surface area contributed by atoms with Gasteiger partial charge in [-0.25, -0.2) is 0 Å². The van der Waals surface area contributed by atoms with E-state index in [0.717, 1.165) is 17.5 Å². The van der Waals surface area contributed by atoms with E-state index in [2.05, 4.69) is 24.5 Å². The van der Waals surface area contributed by atoms with Gasteiger partial charge in [-0.3, -0.25) is 4.79 Å². The van der Waals surface area contributed by atoms with Gasteiger partial charge in [0.05, 0.1) is 15.2 Å². The highest BCUT2D eigenvalue weighted by Crippen LogP contribution is 2.38. The van der Waals surface area contributed by atoms with Crippen molar-refractivity contribution >= 4 is 13.9 Å². The molecule has 0 saturated heterocycles. The van der Waals surface area contributed by atoms with Crippen LogP contribution in [0.4, 0.5) is 0 Å². The average molecular weight is 250 g/mol. The zero-order valence-electron chi connectivity index (χ0n) is 10.7. The molecule has 0 fully saturated rings. The summed E-state index contributed by atoms with van der Waals surface area (Å²) in [5.74, 6) is 0.971. The van der Waals surface area contributed by atoms with E-state index >= 15 is 0 Å². The molecule has 0 saturated carbocycles. The largest absolute Gasteiger partial charge is 0.338 e. The third kappa shape index (κ3) is 2.28. The van der Waals surface area contributed by atoms with Gasteiger partial charge in [0, 0.05) is 11.1 Å². The number of carbonyl (C=O) groups is 1. The van der Waals surface area contributed by atoms with E-state index < -0.39 is 8.07 Å². The lowest BCUT2D eigenvalue weighted by Gasteiger charge is -2.22. The highest BCUT2D eigenvalue weighted by Gasteiger charge is 2.39. The van der Waals surface area contributed by atoms with Crippen molar-refractivity contribution in [2.75, 3.05) is 7.11 Å². The van der Waals surface area contributed by atoms with Crippen LogP contribution in [0.3, 0.4) is 0 Å². The van der Waals surface area contributed by atoms with Crippen molar-refractivity contribution < 1.29 is 14.6 Å². The summed E-state index contributed by atoms with van der Waals surface area (Å²) >= 11 is 0. The Bertz CT molecular complexity index is 448. The molecule has 0 bridgehead atoms. The number of fused-ring (bicyclic) bond motifs is 1. The molecule has 0 spiro atoms. The highest BCUT2D eigenvalue weighted by molar-refractivity contribution is 6.81. The Morgan fingerprint density at radius 3 is 2.59 bits per heavy atom. The first-order valence-electron chi connectivity index (χ1n) is 5.81. The Morgan fingerprint density at radius 2 is 2.00 bits per heavy atom. The Balaban J connectivity index is 2.32. The van der Waals surface area contributed by atoms with Crippen molar-refractivity contribution in [3.05, 3.63) is 29.3 Å². The zero-order valence-corrected chi connectivity index (χ0v) is 11.7. The normalized spacial score (nSPS) is 19.3. The fourth-order valence-electron chi connectivity index (χ4n) is 2.33. The fourth-order valence-corrected chi connectivity index (χ4v) is 4.10. The maximum Gasteiger partial charge on any atom is 0.165 e. The van der Waals surface area contributed by atoms with Crippen LogP contribution >= 0.6 is 0 Å². The predicted molar refractivity (Wildman–Crippen MR) is 69.2 cm³/mol. The van der Waals surface area contributed by atoms with Crippen molar-refractivity contribution in [3.63, 3.8) is 0 Å². The van der Waals surface area contributed by atoms with Gasteiger partial charge in [-0.05, 0) is 30.2 Å². The van der Waals surface area contributed by atoms with Gasteiger partial charge in [-0.1, -0.05) is 19.6 Å². The van der Waals surface area contributed by atoms with Crippen LogP contribution in [0.25, 0.3) is 0 Å². The number of hydrogen-bond donors (Lipinski definition) is 0. The molecule has 0 radical (unpaired) electrons. The van der Waals surface area contributed by atoms with Crippen LogP contribution in [0.1, 0.15) is 15.9 Å². The second-order valence-electron chi connectivity index (χ2n) is 5.56. The van der Waals surface area contributed by atoms with E-state index in [1.54, 1.807) is 6.07 Å². The summed E-state index contributed by atoms with van der Waals surface area (Å²) in [5.41, 5.74) is 2.16. The lowest BCUT2D eigenvalue weighted by Crippen LogP contribution is -2.31. The van der Waals surface area contributed by atoms with Gasteiger partial charge < -0.3 is 4.89 Å². The van der Waals surface area contributed by atoms with E-state index in [1.165, 1.54) is 7.11 Å². The maximum absolute atomic E-state index is 12.3. The second kappa shape index (κ2) is 4.27. The molecule has 0 heterocycles. The lowest BCUT2D eigenvalue weighted by molar-refractivity contribution is -0.178. The standard InChI is InChI=1S/C13H18O3Si/c1-15-16-10-5-6-11-9(7-10)8-12(13(11)14)17(2,3)4/h5-7,12H,8H2,1-4H3. The fraction of sp³-hybridized carbons (Fsp3) is 0.462. The van der Waals surface area contributed by atoms with Gasteiger partial charge in [0.25, 0.3) is 0 Å². The summed E-state index contributed by atoms with van der Waals surface area (Å²) in [6.07, 6.45) is 0.852. The molecule has 1 unspecified atom stereocenters. The Labute approximate surface area is 103 Å². The minimum absolute atomic E-state index is 0.204. The maximum atomic E-state index is 12.3. The predicted octanol–water partition coefficient (Wildman–Crippen LogP) is 3.07. The smallest absolute Gasteiger partial charge is 0.165 e. The molecular weight excluding hydrogens is 232 g/mol. The second-order valence-corrected chi connectivity index (χ2v) is 11.0. The van der Waals surface area contributed by atoms with Gasteiger partial charge in [0.15, 0.2) is 11.5 Å². The molecule has 3 nitrogen and oxygen atoms in total. The third-order valence-electron chi connectivity index (χ3n) is 3.31. The summed E-state index contributed by atoms with van der Waals surface area (Å²) < 4.78 is 0. The molecule has 92 valence electrons. The van der Waals surface area contributed by atoms with E-state index in [-0.39, 0.29) is 5.54 Å². The molecule has 1 aliphatic carbocycles. The molecule has 0 aliphatic heterocycles. The number of hydrogen-bond acceptors (Lipinski definition) is 3. The van der Waals surface area contributed by atoms with Gasteiger partial charge in [0.1, 0.15) is 0 Å². The number of benzene rings is 1. The van der Waals surface area contributed by atoms with Crippen molar-refractivity contribution in [1.29, 1.82) is 0 Å². The summed E-state index contributed by atoms with van der Waals surface area (Å²) in [6.45, 7) is 6.73. The van der Waals surface area contributed by atoms with Crippen LogP contribution in [-0.4, -0.2) is 21.0 Å². The summed E-state index contributed by atoms with van der Waals surface area (Å²) in [5, 5.41) is 0. The molecule has 0 N–H and O–H groups in total. The third-order valence-corrected chi connectivity index (χ3v) is 5.86. The Kier molecular flexibility index (Phi) is 3.10. The SMILES string of the molecule is COOc1ccc2c(c1)CC([Si](C)(C)C)C2=O. The molecular formula is C13H18O3Si. The number of rotatable bonds is 3. The van der Waals surface area contributed by atoms with Gasteiger partial charge in [-0.15, -0.1) is 0 Å². The quantitative estimate of drug-likeness (QED) is 0.470. The van der Waals surface area contributed by atoms with Crippen molar-refractivity contribution in [2.45, 2.75) is 31.6 Å².